The van der Waals surface area contributed by atoms with E-state index in [2.05, 4.69) is 10.3 Å². The topological polar surface area (TPSA) is 123 Å². The molecule has 0 saturated heterocycles. The van der Waals surface area contributed by atoms with Crippen molar-refractivity contribution in [2.24, 2.45) is 12.9 Å². The van der Waals surface area contributed by atoms with Gasteiger partial charge in [-0.05, 0) is 25.1 Å². The first-order chi connectivity index (χ1) is 11.3. The number of aryl methyl sites for hydroxylation is 1. The van der Waals surface area contributed by atoms with E-state index in [0.29, 0.717) is 28.0 Å². The minimum Gasteiger partial charge on any atom is -0.322 e. The van der Waals surface area contributed by atoms with Gasteiger partial charge in [0.05, 0.1) is 23.2 Å². The van der Waals surface area contributed by atoms with E-state index in [1.807, 2.05) is 0 Å². The normalized spacial score (nSPS) is 15.4. The fourth-order valence-electron chi connectivity index (χ4n) is 2.66. The number of aromatic amines is 1. The van der Waals surface area contributed by atoms with Crippen LogP contribution in [0.1, 0.15) is 6.92 Å². The van der Waals surface area contributed by atoms with Crippen LogP contribution in [0.2, 0.25) is 0 Å². The van der Waals surface area contributed by atoms with Gasteiger partial charge in [0.25, 0.3) is 5.91 Å². The molecule has 1 aliphatic rings. The van der Waals surface area contributed by atoms with Crippen LogP contribution in [0.5, 0.6) is 0 Å². The molecule has 24 heavy (non-hydrogen) atoms. The van der Waals surface area contributed by atoms with Gasteiger partial charge >= 0.3 is 5.69 Å². The number of nitrogens with one attached hydrogen (secondary N) is 3. The number of hydrogen-bond acceptors (Lipinski definition) is 4. The summed E-state index contributed by atoms with van der Waals surface area (Å²) in [6, 6.07) is 5.20. The van der Waals surface area contributed by atoms with Crippen LogP contribution < -0.4 is 16.8 Å². The predicted molar refractivity (Wildman–Crippen MR) is 91.3 cm³/mol. The molecule has 5 N–H and O–H groups in total. The van der Waals surface area contributed by atoms with E-state index in [9.17, 15) is 9.59 Å². The van der Waals surface area contributed by atoms with Crippen LogP contribution >= 0.6 is 0 Å². The first-order valence-corrected chi connectivity index (χ1v) is 7.34. The second kappa shape index (κ2) is 5.53. The molecular formula is C15H19N7O2. The number of fused-ring (bicyclic) bond motifs is 1. The van der Waals surface area contributed by atoms with E-state index < -0.39 is 0 Å². The molecule has 2 heterocycles. The van der Waals surface area contributed by atoms with Crippen LogP contribution in [0, 0.1) is 5.41 Å². The van der Waals surface area contributed by atoms with Crippen LogP contribution in [0.3, 0.4) is 0 Å². The van der Waals surface area contributed by atoms with E-state index >= 15 is 0 Å². The highest BCUT2D eigenvalue weighted by Gasteiger charge is 2.27. The number of rotatable bonds is 2. The summed E-state index contributed by atoms with van der Waals surface area (Å²) >= 11 is 0. The van der Waals surface area contributed by atoms with Gasteiger partial charge in [-0.25, -0.2) is 10.6 Å². The van der Waals surface area contributed by atoms with E-state index in [-0.39, 0.29) is 24.1 Å². The summed E-state index contributed by atoms with van der Waals surface area (Å²) in [6.45, 7) is 1.93. The average molecular weight is 329 g/mol. The Kier molecular flexibility index (Phi) is 3.64. The van der Waals surface area contributed by atoms with Crippen molar-refractivity contribution in [1.29, 1.82) is 5.41 Å². The summed E-state index contributed by atoms with van der Waals surface area (Å²) in [5.74, 6) is 5.60. The lowest BCUT2D eigenvalue weighted by atomic mass is 10.1. The van der Waals surface area contributed by atoms with Crippen molar-refractivity contribution in [3.63, 3.8) is 0 Å². The summed E-state index contributed by atoms with van der Waals surface area (Å²) in [5, 5.41) is 11.9. The van der Waals surface area contributed by atoms with Gasteiger partial charge in [-0.3, -0.25) is 19.8 Å². The van der Waals surface area contributed by atoms with Crippen molar-refractivity contribution in [2.45, 2.75) is 6.92 Å². The van der Waals surface area contributed by atoms with Crippen molar-refractivity contribution < 1.29 is 4.79 Å². The Morgan fingerprint density at radius 1 is 1.38 bits per heavy atom. The number of nitrogens with two attached hydrogens (primary N) is 1. The van der Waals surface area contributed by atoms with Crippen LogP contribution in [0.4, 0.5) is 5.69 Å². The molecule has 126 valence electrons. The molecule has 0 aliphatic carbocycles. The maximum atomic E-state index is 12.6. The van der Waals surface area contributed by atoms with Crippen LogP contribution in [0.25, 0.3) is 11.0 Å². The SMILES string of the molecule is CC1=C(C(=O)Nc2ccc3[nH]c(=O)n(C)c3c2)CN(N)C(=N)N1C. The van der Waals surface area contributed by atoms with Gasteiger partial charge < -0.3 is 15.2 Å². The number of carbonyl (C=O) groups excluding carboxylic acids is 1. The van der Waals surface area contributed by atoms with E-state index in [1.54, 1.807) is 44.1 Å². The second-order valence-electron chi connectivity index (χ2n) is 5.75. The predicted octanol–water partition coefficient (Wildman–Crippen LogP) is 0.135. The van der Waals surface area contributed by atoms with Crippen molar-refractivity contribution in [2.75, 3.05) is 18.9 Å². The number of benzene rings is 1. The van der Waals surface area contributed by atoms with Gasteiger partial charge in [-0.1, -0.05) is 0 Å². The minimum atomic E-state index is -0.290. The Morgan fingerprint density at radius 2 is 2.08 bits per heavy atom. The van der Waals surface area contributed by atoms with E-state index in [0.717, 1.165) is 0 Å². The number of amides is 1. The molecule has 2 aromatic rings. The molecule has 1 aliphatic heterocycles. The number of aromatic nitrogens is 2. The number of carbonyl (C=O) groups is 1. The zero-order valence-corrected chi connectivity index (χ0v) is 13.7. The molecule has 0 spiro atoms. The van der Waals surface area contributed by atoms with Gasteiger partial charge in [0.2, 0.25) is 5.96 Å². The molecule has 1 aromatic heterocycles. The van der Waals surface area contributed by atoms with Gasteiger partial charge in [0.15, 0.2) is 0 Å². The number of anilines is 1. The van der Waals surface area contributed by atoms with Crippen molar-refractivity contribution >= 4 is 28.6 Å². The molecular weight excluding hydrogens is 310 g/mol. The zero-order valence-electron chi connectivity index (χ0n) is 13.7. The van der Waals surface area contributed by atoms with E-state index in [1.165, 1.54) is 9.58 Å². The van der Waals surface area contributed by atoms with Crippen molar-refractivity contribution in [3.8, 4) is 0 Å². The standard InChI is InChI=1S/C15H19N7O2/c1-8-10(7-22(17)14(16)20(8)2)13(23)18-9-4-5-11-12(6-9)21(3)15(24)19-11/h4-6,16H,7,17H2,1-3H3,(H,18,23)(H,19,24). The fraction of sp³-hybridized carbons (Fsp3) is 0.267. The number of H-pyrrole nitrogens is 1. The zero-order chi connectivity index (χ0) is 17.6. The lowest BCUT2D eigenvalue weighted by Gasteiger charge is -2.34. The highest BCUT2D eigenvalue weighted by Crippen LogP contribution is 2.20. The van der Waals surface area contributed by atoms with Crippen LogP contribution in [-0.2, 0) is 11.8 Å². The largest absolute Gasteiger partial charge is 0.326 e. The molecule has 3 rings (SSSR count). The van der Waals surface area contributed by atoms with Crippen molar-refractivity contribution in [1.82, 2.24) is 19.5 Å². The molecule has 0 radical (unpaired) electrons. The molecule has 9 nitrogen and oxygen atoms in total. The Morgan fingerprint density at radius 3 is 2.79 bits per heavy atom. The number of allylic oxidation sites excluding steroid dienone is 1. The molecule has 0 bridgehead atoms. The number of hydrazine groups is 1. The maximum Gasteiger partial charge on any atom is 0.326 e. The van der Waals surface area contributed by atoms with E-state index in [4.69, 9.17) is 11.3 Å². The Balaban J connectivity index is 1.91. The number of nitrogens with zero attached hydrogens (tertiary/aromatic N) is 3. The molecule has 0 atom stereocenters. The smallest absolute Gasteiger partial charge is 0.322 e. The third-order valence-corrected chi connectivity index (χ3v) is 4.30. The highest BCUT2D eigenvalue weighted by molar-refractivity contribution is 6.06. The Hall–Kier alpha value is -3.07. The molecule has 1 aromatic carbocycles. The number of imidazole rings is 1. The highest BCUT2D eigenvalue weighted by atomic mass is 16.2. The number of hydrogen-bond donors (Lipinski definition) is 4. The first-order valence-electron chi connectivity index (χ1n) is 7.34. The van der Waals surface area contributed by atoms with Crippen molar-refractivity contribution in [3.05, 3.63) is 40.0 Å². The summed E-state index contributed by atoms with van der Waals surface area (Å²) in [4.78, 5) is 28.5. The molecule has 9 heteroatoms. The average Bonchev–Trinajstić information content (AvgIpc) is 2.83. The first kappa shape index (κ1) is 15.8. The Bertz CT molecular complexity index is 937. The van der Waals surface area contributed by atoms with Gasteiger partial charge in [-0.2, -0.15) is 0 Å². The third kappa shape index (κ3) is 2.44. The quantitative estimate of drug-likeness (QED) is 0.583. The van der Waals surface area contributed by atoms with Gasteiger partial charge in [0, 0.05) is 25.5 Å². The molecule has 0 saturated carbocycles. The fourth-order valence-corrected chi connectivity index (χ4v) is 2.66. The lowest BCUT2D eigenvalue weighted by molar-refractivity contribution is -0.113. The van der Waals surface area contributed by atoms with Crippen LogP contribution in [0.15, 0.2) is 34.3 Å². The summed E-state index contributed by atoms with van der Waals surface area (Å²) in [5.41, 5.74) is 2.93. The Labute approximate surface area is 137 Å². The summed E-state index contributed by atoms with van der Waals surface area (Å²) in [7, 11) is 3.35. The number of guanidine groups is 1. The third-order valence-electron chi connectivity index (χ3n) is 4.30. The molecule has 0 unspecified atom stereocenters. The maximum absolute atomic E-state index is 12.6. The monoisotopic (exact) mass is 329 g/mol. The second-order valence-corrected chi connectivity index (χ2v) is 5.75. The van der Waals surface area contributed by atoms with Gasteiger partial charge in [0.1, 0.15) is 0 Å². The minimum absolute atomic E-state index is 0.132. The molecule has 1 amide bonds. The lowest BCUT2D eigenvalue weighted by Crippen LogP contribution is -2.51. The summed E-state index contributed by atoms with van der Waals surface area (Å²) < 4.78 is 1.48. The van der Waals surface area contributed by atoms with Crippen LogP contribution in [-0.4, -0.2) is 44.9 Å². The summed E-state index contributed by atoms with van der Waals surface area (Å²) in [6.07, 6.45) is 0. The molecule has 0 fully saturated rings. The van der Waals surface area contributed by atoms with Gasteiger partial charge in [-0.15, -0.1) is 0 Å².